The van der Waals surface area contributed by atoms with Crippen molar-refractivity contribution in [1.82, 2.24) is 9.88 Å². The first-order chi connectivity index (χ1) is 19.3. The third-order valence-electron chi connectivity index (χ3n) is 6.96. The van der Waals surface area contributed by atoms with E-state index in [2.05, 4.69) is 4.98 Å². The summed E-state index contributed by atoms with van der Waals surface area (Å²) in [5.41, 5.74) is 1.98. The Bertz CT molecular complexity index is 1350. The highest BCUT2D eigenvalue weighted by molar-refractivity contribution is 5.83. The van der Waals surface area contributed by atoms with Crippen LogP contribution in [0.5, 0.6) is 5.75 Å². The number of likely N-dealkylation sites (tertiary alicyclic amines) is 1. The van der Waals surface area contributed by atoms with Crippen molar-refractivity contribution in [3.63, 3.8) is 0 Å². The van der Waals surface area contributed by atoms with Crippen LogP contribution in [0.1, 0.15) is 44.2 Å². The molecule has 0 N–H and O–H groups in total. The lowest BCUT2D eigenvalue weighted by molar-refractivity contribution is -0.194. The molecule has 40 heavy (non-hydrogen) atoms. The van der Waals surface area contributed by atoms with Crippen LogP contribution in [0, 0.1) is 11.7 Å². The zero-order valence-corrected chi connectivity index (χ0v) is 22.8. The molecule has 0 saturated carbocycles. The summed E-state index contributed by atoms with van der Waals surface area (Å²) in [6.45, 7) is 2.77. The number of pyridine rings is 1. The van der Waals surface area contributed by atoms with Gasteiger partial charge in [-0.05, 0) is 55.0 Å². The smallest absolute Gasteiger partial charge is 0.413 e. The van der Waals surface area contributed by atoms with E-state index < -0.39 is 36.2 Å². The molecule has 1 amide bonds. The summed E-state index contributed by atoms with van der Waals surface area (Å²) in [6, 6.07) is 14.5. The maximum atomic E-state index is 14.8. The largest absolute Gasteiger partial charge is 0.497 e. The van der Waals surface area contributed by atoms with Gasteiger partial charge >= 0.3 is 18.0 Å². The van der Waals surface area contributed by atoms with Crippen molar-refractivity contribution in [2.75, 3.05) is 13.7 Å². The van der Waals surface area contributed by atoms with E-state index >= 15 is 0 Å². The summed E-state index contributed by atoms with van der Waals surface area (Å²) >= 11 is 0. The number of halogens is 1. The molecule has 3 unspecified atom stereocenters. The van der Waals surface area contributed by atoms with E-state index in [0.717, 1.165) is 5.56 Å². The Labute approximate surface area is 232 Å². The molecule has 10 heteroatoms. The normalized spacial score (nSPS) is 18.7. The standard InChI is InChI=1S/C30H33FN2O7/c1-19(34)39-28-22(10-7-11-24-25-16-23(37-3)12-13-27(25)32-17-26(24)31)14-15-33(29(28)40-20(2)35)30(36)38-18-21-8-5-4-6-9-21/h4-6,8-9,12-13,16-17,22,28-29H,7,10-11,14-15,18H2,1-3H3. The fourth-order valence-electron chi connectivity index (χ4n) is 5.08. The van der Waals surface area contributed by atoms with Gasteiger partial charge in [-0.2, -0.15) is 0 Å². The number of nitrogens with zero attached hydrogens (tertiary/aromatic N) is 2. The number of esters is 2. The second-order valence-corrected chi connectivity index (χ2v) is 9.72. The second-order valence-electron chi connectivity index (χ2n) is 9.72. The molecule has 0 spiro atoms. The lowest BCUT2D eigenvalue weighted by atomic mass is 9.86. The van der Waals surface area contributed by atoms with Gasteiger partial charge in [0.25, 0.3) is 0 Å². The molecular formula is C30H33FN2O7. The van der Waals surface area contributed by atoms with Gasteiger partial charge in [0.05, 0.1) is 18.8 Å². The highest BCUT2D eigenvalue weighted by Crippen LogP contribution is 2.33. The van der Waals surface area contributed by atoms with Gasteiger partial charge in [0.1, 0.15) is 18.2 Å². The molecule has 3 aromatic rings. The number of methoxy groups -OCH3 is 1. The van der Waals surface area contributed by atoms with Crippen LogP contribution in [0.15, 0.2) is 54.7 Å². The van der Waals surface area contributed by atoms with Gasteiger partial charge in [-0.1, -0.05) is 30.3 Å². The molecule has 212 valence electrons. The van der Waals surface area contributed by atoms with Crippen LogP contribution in [-0.4, -0.2) is 53.9 Å². The number of aryl methyl sites for hydroxylation is 1. The quantitative estimate of drug-likeness (QED) is 0.264. The number of carbonyl (C=O) groups excluding carboxylic acids is 3. The number of hydrogen-bond donors (Lipinski definition) is 0. The number of hydrogen-bond acceptors (Lipinski definition) is 8. The lowest BCUT2D eigenvalue weighted by Gasteiger charge is -2.43. The number of carbonyl (C=O) groups is 3. The van der Waals surface area contributed by atoms with Crippen LogP contribution in [0.3, 0.4) is 0 Å². The molecule has 1 fully saturated rings. The highest BCUT2D eigenvalue weighted by atomic mass is 19.1. The molecule has 3 atom stereocenters. The molecule has 9 nitrogen and oxygen atoms in total. The Balaban J connectivity index is 1.49. The maximum absolute atomic E-state index is 14.8. The summed E-state index contributed by atoms with van der Waals surface area (Å²) in [4.78, 5) is 42.6. The minimum Gasteiger partial charge on any atom is -0.497 e. The molecule has 2 heterocycles. The molecule has 0 bridgehead atoms. The topological polar surface area (TPSA) is 104 Å². The predicted molar refractivity (Wildman–Crippen MR) is 144 cm³/mol. The Hall–Kier alpha value is -4.21. The molecule has 1 aliphatic rings. The van der Waals surface area contributed by atoms with Crippen LogP contribution in [0.25, 0.3) is 10.9 Å². The van der Waals surface area contributed by atoms with Crippen LogP contribution < -0.4 is 4.74 Å². The van der Waals surface area contributed by atoms with Crippen molar-refractivity contribution in [2.24, 2.45) is 5.92 Å². The monoisotopic (exact) mass is 552 g/mol. The molecule has 0 radical (unpaired) electrons. The Morgan fingerprint density at radius 1 is 1.05 bits per heavy atom. The summed E-state index contributed by atoms with van der Waals surface area (Å²) in [7, 11) is 1.55. The van der Waals surface area contributed by atoms with Gasteiger partial charge in [-0.3, -0.25) is 19.5 Å². The third-order valence-corrected chi connectivity index (χ3v) is 6.96. The van der Waals surface area contributed by atoms with E-state index in [4.69, 9.17) is 18.9 Å². The van der Waals surface area contributed by atoms with Crippen LogP contribution >= 0.6 is 0 Å². The summed E-state index contributed by atoms with van der Waals surface area (Å²) in [6.07, 6.45) is 0.458. The maximum Gasteiger partial charge on any atom is 0.413 e. The fourth-order valence-corrected chi connectivity index (χ4v) is 5.08. The van der Waals surface area contributed by atoms with E-state index in [1.807, 2.05) is 30.3 Å². The van der Waals surface area contributed by atoms with Gasteiger partial charge in [0.2, 0.25) is 6.23 Å². The molecule has 4 rings (SSSR count). The summed E-state index contributed by atoms with van der Waals surface area (Å²) in [5.74, 6) is -1.23. The Morgan fingerprint density at radius 2 is 1.80 bits per heavy atom. The van der Waals surface area contributed by atoms with Crippen LogP contribution in [0.4, 0.5) is 9.18 Å². The molecule has 1 aliphatic heterocycles. The van der Waals surface area contributed by atoms with Crippen LogP contribution in [0.2, 0.25) is 0 Å². The van der Waals surface area contributed by atoms with Gasteiger partial charge in [-0.15, -0.1) is 0 Å². The van der Waals surface area contributed by atoms with E-state index in [0.29, 0.717) is 47.9 Å². The number of amides is 1. The van der Waals surface area contributed by atoms with E-state index in [-0.39, 0.29) is 19.1 Å². The van der Waals surface area contributed by atoms with Crippen molar-refractivity contribution in [3.05, 3.63) is 71.7 Å². The Kier molecular flexibility index (Phi) is 9.52. The average molecular weight is 553 g/mol. The third kappa shape index (κ3) is 7.05. The van der Waals surface area contributed by atoms with Gasteiger partial charge in [0.15, 0.2) is 6.10 Å². The summed E-state index contributed by atoms with van der Waals surface area (Å²) < 4.78 is 36.7. The van der Waals surface area contributed by atoms with E-state index in [1.54, 1.807) is 25.3 Å². The lowest BCUT2D eigenvalue weighted by Crippen LogP contribution is -2.57. The fraction of sp³-hybridized carbons (Fsp3) is 0.400. The minimum atomic E-state index is -1.15. The van der Waals surface area contributed by atoms with Crippen molar-refractivity contribution in [1.29, 1.82) is 0 Å². The number of ether oxygens (including phenoxy) is 4. The van der Waals surface area contributed by atoms with Crippen molar-refractivity contribution in [2.45, 2.75) is 58.5 Å². The van der Waals surface area contributed by atoms with Crippen LogP contribution in [-0.2, 0) is 36.8 Å². The number of aromatic nitrogens is 1. The van der Waals surface area contributed by atoms with Crippen molar-refractivity contribution >= 4 is 28.9 Å². The SMILES string of the molecule is COc1ccc2ncc(F)c(CCCC3CCN(C(=O)OCc4ccccc4)C(OC(C)=O)C3OC(C)=O)c2c1. The number of rotatable bonds is 9. The van der Waals surface area contributed by atoms with E-state index in [1.165, 1.54) is 24.9 Å². The molecule has 1 aromatic heterocycles. The predicted octanol–water partition coefficient (Wildman–Crippen LogP) is 5.18. The zero-order valence-electron chi connectivity index (χ0n) is 22.8. The molecule has 1 saturated heterocycles. The van der Waals surface area contributed by atoms with Gasteiger partial charge in [0, 0.05) is 31.7 Å². The summed E-state index contributed by atoms with van der Waals surface area (Å²) in [5, 5.41) is 0.671. The minimum absolute atomic E-state index is 0.0425. The molecular weight excluding hydrogens is 519 g/mol. The molecule has 0 aliphatic carbocycles. The molecule has 2 aromatic carbocycles. The first-order valence-electron chi connectivity index (χ1n) is 13.2. The van der Waals surface area contributed by atoms with Crippen molar-refractivity contribution < 1.29 is 37.7 Å². The first-order valence-corrected chi connectivity index (χ1v) is 13.2. The second kappa shape index (κ2) is 13.2. The first kappa shape index (κ1) is 28.8. The average Bonchev–Trinajstić information content (AvgIpc) is 2.94. The number of piperidine rings is 1. The number of benzene rings is 2. The van der Waals surface area contributed by atoms with Gasteiger partial charge in [-0.25, -0.2) is 9.18 Å². The van der Waals surface area contributed by atoms with E-state index in [9.17, 15) is 18.8 Å². The number of fused-ring (bicyclic) bond motifs is 1. The zero-order chi connectivity index (χ0) is 28.6. The van der Waals surface area contributed by atoms with Crippen molar-refractivity contribution in [3.8, 4) is 5.75 Å². The van der Waals surface area contributed by atoms with Gasteiger partial charge < -0.3 is 18.9 Å². The highest BCUT2D eigenvalue weighted by Gasteiger charge is 2.45. The Morgan fingerprint density at radius 3 is 2.50 bits per heavy atom.